The van der Waals surface area contributed by atoms with Gasteiger partial charge in [0, 0.05) is 23.1 Å². The second-order valence-corrected chi connectivity index (χ2v) is 11.4. The molecular formula is C30H30F4IN3O2. The summed E-state index contributed by atoms with van der Waals surface area (Å²) in [4.78, 5) is 18.3. The van der Waals surface area contributed by atoms with E-state index >= 15 is 0 Å². The van der Waals surface area contributed by atoms with Crippen LogP contribution in [0.25, 0.3) is 0 Å². The first kappa shape index (κ1) is 28.6. The minimum absolute atomic E-state index is 0.0573. The third-order valence-electron chi connectivity index (χ3n) is 7.94. The lowest BCUT2D eigenvalue weighted by Crippen LogP contribution is -2.55. The number of halogens is 5. The van der Waals surface area contributed by atoms with E-state index in [0.29, 0.717) is 23.1 Å². The van der Waals surface area contributed by atoms with Crippen molar-refractivity contribution < 1.29 is 27.1 Å². The molecule has 10 heteroatoms. The van der Waals surface area contributed by atoms with Crippen molar-refractivity contribution in [2.75, 3.05) is 0 Å². The molecule has 2 aliphatic carbocycles. The summed E-state index contributed by atoms with van der Waals surface area (Å²) in [7, 11) is 0. The van der Waals surface area contributed by atoms with Gasteiger partial charge in [0.05, 0.1) is 5.69 Å². The van der Waals surface area contributed by atoms with Gasteiger partial charge in [0.25, 0.3) is 0 Å². The topological polar surface area (TPSA) is 63.2 Å². The van der Waals surface area contributed by atoms with Crippen molar-refractivity contribution in [1.82, 2.24) is 15.6 Å². The second-order valence-electron chi connectivity index (χ2n) is 10.6. The zero-order valence-electron chi connectivity index (χ0n) is 21.6. The lowest BCUT2D eigenvalue weighted by molar-refractivity contribution is -0.253. The molecule has 2 fully saturated rings. The van der Waals surface area contributed by atoms with E-state index in [1.807, 2.05) is 36.4 Å². The van der Waals surface area contributed by atoms with E-state index in [-0.39, 0.29) is 12.5 Å². The van der Waals surface area contributed by atoms with Crippen LogP contribution in [0.3, 0.4) is 0 Å². The predicted octanol–water partition coefficient (Wildman–Crippen LogP) is 7.23. The summed E-state index contributed by atoms with van der Waals surface area (Å²) in [5.41, 5.74) is 1.35. The fraction of sp³-hybridized carbons (Fsp3) is 0.400. The van der Waals surface area contributed by atoms with Crippen LogP contribution >= 0.6 is 22.6 Å². The Labute approximate surface area is 244 Å². The molecule has 0 aliphatic heterocycles. The molecule has 4 atom stereocenters. The molecule has 40 heavy (non-hydrogen) atoms. The van der Waals surface area contributed by atoms with Gasteiger partial charge in [-0.25, -0.2) is 4.79 Å². The lowest BCUT2D eigenvalue weighted by atomic mass is 9.80. The van der Waals surface area contributed by atoms with Crippen molar-refractivity contribution in [3.8, 4) is 5.75 Å². The Bertz CT molecular complexity index is 1310. The number of hydrogen-bond acceptors (Lipinski definition) is 3. The molecule has 1 aromatic heterocycles. The largest absolute Gasteiger partial charge is 0.461 e. The van der Waals surface area contributed by atoms with Gasteiger partial charge < -0.3 is 15.4 Å². The quantitative estimate of drug-likeness (QED) is 0.136. The standard InChI is InChI=1S/C30H30F4IN3O2/c31-27(32)30(33,34)40-24-8-4-7-23(15-24)29(16-19-5-2-1-3-6-19,26-12-10-21(17-35)18-36-26)38-28(39)37-25-14-20-9-11-22(25)13-20/h1-8,10,12,15,18,20,22,25,27H,9,11,13-14,16-17H2,(H2,37,38,39)/t20-,22+,25+,29+/m0/s1. The summed E-state index contributed by atoms with van der Waals surface area (Å²) in [5.74, 6) is 0.616. The average Bonchev–Trinajstić information content (AvgIpc) is 3.56. The number of rotatable bonds is 10. The molecule has 2 aromatic carbocycles. The summed E-state index contributed by atoms with van der Waals surface area (Å²) < 4.78 is 58.7. The Hall–Kier alpha value is -2.89. The lowest BCUT2D eigenvalue weighted by Gasteiger charge is -2.36. The number of alkyl halides is 5. The van der Waals surface area contributed by atoms with Crippen molar-refractivity contribution in [2.24, 2.45) is 11.8 Å². The van der Waals surface area contributed by atoms with Crippen LogP contribution in [0.4, 0.5) is 22.4 Å². The van der Waals surface area contributed by atoms with E-state index in [1.54, 1.807) is 18.3 Å². The van der Waals surface area contributed by atoms with E-state index in [4.69, 9.17) is 4.98 Å². The van der Waals surface area contributed by atoms with Gasteiger partial charge in [-0.15, -0.1) is 0 Å². The number of amides is 2. The van der Waals surface area contributed by atoms with Gasteiger partial charge in [-0.2, -0.15) is 17.6 Å². The molecule has 3 aromatic rings. The molecule has 0 radical (unpaired) electrons. The third kappa shape index (κ3) is 6.21. The normalized spacial score (nSPS) is 21.7. The van der Waals surface area contributed by atoms with Gasteiger partial charge >= 0.3 is 18.6 Å². The number of carbonyl (C=O) groups is 1. The van der Waals surface area contributed by atoms with Crippen LogP contribution in [0.15, 0.2) is 72.9 Å². The summed E-state index contributed by atoms with van der Waals surface area (Å²) in [6.07, 6.45) is -2.43. The highest BCUT2D eigenvalue weighted by Crippen LogP contribution is 2.44. The van der Waals surface area contributed by atoms with Crippen molar-refractivity contribution in [3.05, 3.63) is 95.3 Å². The summed E-state index contributed by atoms with van der Waals surface area (Å²) in [6.45, 7) is 0. The van der Waals surface area contributed by atoms with E-state index < -0.39 is 29.9 Å². The Morgan fingerprint density at radius 1 is 1.02 bits per heavy atom. The molecule has 2 amide bonds. The smallest absolute Gasteiger partial charge is 0.428 e. The van der Waals surface area contributed by atoms with Gasteiger partial charge in [-0.3, -0.25) is 4.98 Å². The number of pyridine rings is 1. The molecule has 2 saturated carbocycles. The molecule has 2 aliphatic rings. The highest BCUT2D eigenvalue weighted by molar-refractivity contribution is 14.1. The van der Waals surface area contributed by atoms with Gasteiger partial charge in [0.15, 0.2) is 0 Å². The van der Waals surface area contributed by atoms with Gasteiger partial charge in [0.1, 0.15) is 11.3 Å². The maximum absolute atomic E-state index is 13.9. The average molecular weight is 667 g/mol. The summed E-state index contributed by atoms with van der Waals surface area (Å²) >= 11 is 2.23. The molecule has 0 unspecified atom stereocenters. The number of benzene rings is 2. The highest BCUT2D eigenvalue weighted by Gasteiger charge is 2.45. The molecule has 0 saturated heterocycles. The number of hydrogen-bond donors (Lipinski definition) is 2. The number of fused-ring (bicyclic) bond motifs is 2. The fourth-order valence-electron chi connectivity index (χ4n) is 6.03. The van der Waals surface area contributed by atoms with Crippen molar-refractivity contribution in [1.29, 1.82) is 0 Å². The van der Waals surface area contributed by atoms with Crippen molar-refractivity contribution in [3.63, 3.8) is 0 Å². The van der Waals surface area contributed by atoms with Gasteiger partial charge in [-0.05, 0) is 66.0 Å². The number of urea groups is 1. The van der Waals surface area contributed by atoms with Crippen LogP contribution in [-0.2, 0) is 16.4 Å². The van der Waals surface area contributed by atoms with Crippen LogP contribution in [-0.4, -0.2) is 29.6 Å². The van der Waals surface area contributed by atoms with E-state index in [0.717, 1.165) is 34.8 Å². The molecule has 5 rings (SSSR count). The van der Waals surface area contributed by atoms with Gasteiger partial charge in [0.2, 0.25) is 0 Å². The number of nitrogens with one attached hydrogen (secondary N) is 2. The van der Waals surface area contributed by atoms with Crippen LogP contribution in [0, 0.1) is 11.8 Å². The van der Waals surface area contributed by atoms with Crippen LogP contribution in [0.5, 0.6) is 5.75 Å². The van der Waals surface area contributed by atoms with Crippen molar-refractivity contribution >= 4 is 28.6 Å². The molecule has 5 nitrogen and oxygen atoms in total. The number of aromatic nitrogens is 1. The number of ether oxygens (including phenoxy) is 1. The third-order valence-corrected chi connectivity index (χ3v) is 8.83. The maximum Gasteiger partial charge on any atom is 0.461 e. The minimum Gasteiger partial charge on any atom is -0.428 e. The molecule has 0 spiro atoms. The first-order valence-corrected chi connectivity index (χ1v) is 14.8. The highest BCUT2D eigenvalue weighted by atomic mass is 127. The molecule has 212 valence electrons. The van der Waals surface area contributed by atoms with E-state index in [9.17, 15) is 22.4 Å². The molecule has 1 heterocycles. The fourth-order valence-corrected chi connectivity index (χ4v) is 6.48. The Balaban J connectivity index is 1.58. The van der Waals surface area contributed by atoms with Crippen molar-refractivity contribution in [2.45, 2.75) is 60.6 Å². The number of nitrogens with zero attached hydrogens (tertiary/aromatic N) is 1. The first-order chi connectivity index (χ1) is 19.2. The Kier molecular flexibility index (Phi) is 8.53. The van der Waals surface area contributed by atoms with E-state index in [1.165, 1.54) is 24.6 Å². The zero-order chi connectivity index (χ0) is 28.3. The van der Waals surface area contributed by atoms with Crippen LogP contribution in [0.2, 0.25) is 0 Å². The van der Waals surface area contributed by atoms with Crippen LogP contribution < -0.4 is 15.4 Å². The van der Waals surface area contributed by atoms with E-state index in [2.05, 4.69) is 38.0 Å². The van der Waals surface area contributed by atoms with Crippen LogP contribution in [0.1, 0.15) is 48.1 Å². The minimum atomic E-state index is -4.67. The molecular weight excluding hydrogens is 637 g/mol. The number of carbonyl (C=O) groups excluding carboxylic acids is 1. The summed E-state index contributed by atoms with van der Waals surface area (Å²) in [5, 5.41) is 6.29. The second kappa shape index (κ2) is 11.9. The molecule has 2 N–H and O–H groups in total. The monoisotopic (exact) mass is 667 g/mol. The SMILES string of the molecule is O=C(N[C@@H]1C[C@H]2CC[C@@H]1C2)N[C@](Cc1ccccc1)(c1cccc(OC(F)(F)C(F)F)c1)c1ccc(CI)cn1. The predicted molar refractivity (Wildman–Crippen MR) is 152 cm³/mol. The maximum atomic E-state index is 13.9. The summed E-state index contributed by atoms with van der Waals surface area (Å²) in [6, 6.07) is 18.3. The Morgan fingerprint density at radius 2 is 1.82 bits per heavy atom. The molecule has 2 bridgehead atoms. The van der Waals surface area contributed by atoms with Gasteiger partial charge in [-0.1, -0.05) is 77.5 Å². The zero-order valence-corrected chi connectivity index (χ0v) is 23.8. The Morgan fingerprint density at radius 3 is 2.45 bits per heavy atom. The first-order valence-electron chi connectivity index (χ1n) is 13.3.